The number of rotatable bonds is 1. The summed E-state index contributed by atoms with van der Waals surface area (Å²) in [4.78, 5) is 8.36. The normalized spacial score (nSPS) is 8.81. The highest BCUT2D eigenvalue weighted by molar-refractivity contribution is 5.63. The Bertz CT molecular complexity index is 435. The lowest BCUT2D eigenvalue weighted by molar-refractivity contribution is -0.122. The zero-order chi connectivity index (χ0) is 11.8. The summed E-state index contributed by atoms with van der Waals surface area (Å²) in [6.07, 6.45) is 0. The molecule has 1 N–H and O–H groups in total. The predicted molar refractivity (Wildman–Crippen MR) is 65.3 cm³/mol. The first-order chi connectivity index (χ1) is 7.77. The summed E-state index contributed by atoms with van der Waals surface area (Å²) in [6, 6.07) is 19.0. The van der Waals surface area contributed by atoms with Crippen molar-refractivity contribution < 1.29 is 9.90 Å². The van der Waals surface area contributed by atoms with E-state index in [9.17, 15) is 0 Å². The van der Waals surface area contributed by atoms with Crippen LogP contribution in [0.2, 0.25) is 0 Å². The predicted octanol–water partition coefficient (Wildman–Crippen LogP) is 3.36. The van der Waals surface area contributed by atoms with E-state index in [2.05, 4.69) is 55.5 Å². The van der Waals surface area contributed by atoms with Gasteiger partial charge in [0.05, 0.1) is 0 Å². The van der Waals surface area contributed by atoms with E-state index < -0.39 is 0 Å². The van der Waals surface area contributed by atoms with E-state index in [1.54, 1.807) is 0 Å². The second-order valence-corrected chi connectivity index (χ2v) is 3.34. The minimum Gasteiger partial charge on any atom is -0.483 e. The molecule has 2 aromatic carbocycles. The molecule has 2 aromatic rings. The fourth-order valence-electron chi connectivity index (χ4n) is 1.46. The second kappa shape index (κ2) is 6.40. The molecule has 0 spiro atoms. The molecule has 0 saturated carbocycles. The number of hydrogen-bond acceptors (Lipinski definition) is 1. The summed E-state index contributed by atoms with van der Waals surface area (Å²) >= 11 is 0. The van der Waals surface area contributed by atoms with Gasteiger partial charge < -0.3 is 5.11 Å². The van der Waals surface area contributed by atoms with Crippen LogP contribution in [0.25, 0.3) is 11.1 Å². The van der Waals surface area contributed by atoms with Crippen molar-refractivity contribution in [1.82, 2.24) is 0 Å². The molecule has 0 amide bonds. The van der Waals surface area contributed by atoms with Crippen LogP contribution in [0.4, 0.5) is 0 Å². The summed E-state index contributed by atoms with van der Waals surface area (Å²) < 4.78 is 0. The Kier molecular flexibility index (Phi) is 4.80. The fourth-order valence-corrected chi connectivity index (χ4v) is 1.46. The van der Waals surface area contributed by atoms with Crippen LogP contribution in [0.3, 0.4) is 0 Å². The number of hydrogen-bond donors (Lipinski definition) is 1. The molecule has 0 aromatic heterocycles. The molecule has 0 atom stereocenters. The van der Waals surface area contributed by atoms with Gasteiger partial charge in [-0.05, 0) is 18.1 Å². The molecule has 0 aliphatic heterocycles. The first-order valence-corrected chi connectivity index (χ1v) is 4.98. The van der Waals surface area contributed by atoms with Crippen molar-refractivity contribution >= 4 is 6.47 Å². The molecule has 0 heterocycles. The topological polar surface area (TPSA) is 37.3 Å². The number of aryl methyl sites for hydroxylation is 1. The minimum atomic E-state index is -0.250. The third-order valence-corrected chi connectivity index (χ3v) is 2.13. The lowest BCUT2D eigenvalue weighted by Gasteiger charge is -2.01. The van der Waals surface area contributed by atoms with Crippen LogP contribution in [0.1, 0.15) is 5.56 Å². The van der Waals surface area contributed by atoms with Crippen LogP contribution >= 0.6 is 0 Å². The molecule has 2 rings (SSSR count). The lowest BCUT2D eigenvalue weighted by atomic mass is 10.0. The van der Waals surface area contributed by atoms with Gasteiger partial charge in [-0.3, -0.25) is 4.79 Å². The van der Waals surface area contributed by atoms with E-state index in [1.165, 1.54) is 16.7 Å². The van der Waals surface area contributed by atoms with Crippen molar-refractivity contribution in [2.75, 3.05) is 0 Å². The van der Waals surface area contributed by atoms with Crippen LogP contribution in [0.15, 0.2) is 54.6 Å². The highest BCUT2D eigenvalue weighted by Gasteiger charge is 1.94. The summed E-state index contributed by atoms with van der Waals surface area (Å²) in [6.45, 7) is 1.87. The Labute approximate surface area is 95.2 Å². The van der Waals surface area contributed by atoms with E-state index in [-0.39, 0.29) is 6.47 Å². The van der Waals surface area contributed by atoms with Crippen molar-refractivity contribution in [1.29, 1.82) is 0 Å². The third kappa shape index (κ3) is 3.58. The van der Waals surface area contributed by atoms with Gasteiger partial charge in [-0.1, -0.05) is 60.2 Å². The van der Waals surface area contributed by atoms with Gasteiger partial charge >= 0.3 is 0 Å². The standard InChI is InChI=1S/C13H12.CH2O2/c1-11-6-5-9-13(10-11)12-7-3-2-4-8-12;2-1-3/h2-10H,1H3;1H,(H,2,3). The SMILES string of the molecule is Cc1cccc(-c2ccccc2)c1.O=CO. The summed E-state index contributed by atoms with van der Waals surface area (Å²) in [5.41, 5.74) is 3.88. The van der Waals surface area contributed by atoms with Crippen LogP contribution in [-0.2, 0) is 4.79 Å². The minimum absolute atomic E-state index is 0.250. The quantitative estimate of drug-likeness (QED) is 0.739. The molecule has 0 saturated heterocycles. The molecule has 0 unspecified atom stereocenters. The van der Waals surface area contributed by atoms with Crippen molar-refractivity contribution in [3.63, 3.8) is 0 Å². The van der Waals surface area contributed by atoms with Gasteiger partial charge in [-0.25, -0.2) is 0 Å². The largest absolute Gasteiger partial charge is 0.483 e. The maximum atomic E-state index is 8.36. The number of benzene rings is 2. The molecule has 0 bridgehead atoms. The summed E-state index contributed by atoms with van der Waals surface area (Å²) in [7, 11) is 0. The van der Waals surface area contributed by atoms with Gasteiger partial charge in [0.25, 0.3) is 6.47 Å². The van der Waals surface area contributed by atoms with E-state index in [1.807, 2.05) is 6.07 Å². The summed E-state index contributed by atoms with van der Waals surface area (Å²) in [5, 5.41) is 6.89. The smallest absolute Gasteiger partial charge is 0.290 e. The molecule has 0 aliphatic carbocycles. The van der Waals surface area contributed by atoms with Gasteiger partial charge in [-0.2, -0.15) is 0 Å². The van der Waals surface area contributed by atoms with Crippen molar-refractivity contribution in [3.05, 3.63) is 60.2 Å². The van der Waals surface area contributed by atoms with Gasteiger partial charge in [0.2, 0.25) is 0 Å². The van der Waals surface area contributed by atoms with E-state index in [0.29, 0.717) is 0 Å². The molecule has 0 fully saturated rings. The maximum Gasteiger partial charge on any atom is 0.290 e. The average molecular weight is 214 g/mol. The molecular formula is C14H14O2. The Morgan fingerprint density at radius 1 is 0.938 bits per heavy atom. The zero-order valence-electron chi connectivity index (χ0n) is 9.13. The monoisotopic (exact) mass is 214 g/mol. The maximum absolute atomic E-state index is 8.36. The second-order valence-electron chi connectivity index (χ2n) is 3.34. The van der Waals surface area contributed by atoms with Gasteiger partial charge in [0.15, 0.2) is 0 Å². The first kappa shape index (κ1) is 12.0. The van der Waals surface area contributed by atoms with E-state index >= 15 is 0 Å². The van der Waals surface area contributed by atoms with Crippen molar-refractivity contribution in [2.45, 2.75) is 6.92 Å². The molecule has 2 nitrogen and oxygen atoms in total. The third-order valence-electron chi connectivity index (χ3n) is 2.13. The first-order valence-electron chi connectivity index (χ1n) is 4.98. The van der Waals surface area contributed by atoms with Crippen LogP contribution < -0.4 is 0 Å². The van der Waals surface area contributed by atoms with Gasteiger partial charge in [0.1, 0.15) is 0 Å². The molecule has 2 heteroatoms. The van der Waals surface area contributed by atoms with E-state index in [0.717, 1.165) is 0 Å². The number of carbonyl (C=O) groups is 1. The molecule has 0 radical (unpaired) electrons. The van der Waals surface area contributed by atoms with Crippen LogP contribution in [0.5, 0.6) is 0 Å². The Morgan fingerprint density at radius 3 is 2.06 bits per heavy atom. The molecule has 82 valence electrons. The Morgan fingerprint density at radius 2 is 1.50 bits per heavy atom. The molecule has 16 heavy (non-hydrogen) atoms. The number of carboxylic acid groups (broad SMARTS) is 1. The summed E-state index contributed by atoms with van der Waals surface area (Å²) in [5.74, 6) is 0. The fraction of sp³-hybridized carbons (Fsp3) is 0.0714. The molecule has 0 aliphatic rings. The highest BCUT2D eigenvalue weighted by atomic mass is 16.3. The van der Waals surface area contributed by atoms with Crippen molar-refractivity contribution in [2.24, 2.45) is 0 Å². The van der Waals surface area contributed by atoms with Gasteiger partial charge in [0, 0.05) is 0 Å². The van der Waals surface area contributed by atoms with Crippen molar-refractivity contribution in [3.8, 4) is 11.1 Å². The van der Waals surface area contributed by atoms with Gasteiger partial charge in [-0.15, -0.1) is 0 Å². The zero-order valence-corrected chi connectivity index (χ0v) is 9.13. The van der Waals surface area contributed by atoms with E-state index in [4.69, 9.17) is 9.90 Å². The Hall–Kier alpha value is -2.09. The highest BCUT2D eigenvalue weighted by Crippen LogP contribution is 2.19. The Balaban J connectivity index is 0.000000386. The average Bonchev–Trinajstić information content (AvgIpc) is 2.31. The lowest BCUT2D eigenvalue weighted by Crippen LogP contribution is -1.77. The van der Waals surface area contributed by atoms with Crippen LogP contribution in [-0.4, -0.2) is 11.6 Å². The van der Waals surface area contributed by atoms with Crippen LogP contribution in [0, 0.1) is 6.92 Å². The molecular weight excluding hydrogens is 200 g/mol.